The van der Waals surface area contributed by atoms with E-state index >= 15 is 0 Å². The molecule has 1 nitrogen and oxygen atoms in total. The zero-order valence-electron chi connectivity index (χ0n) is 21.1. The molecular weight excluding hydrogens is 446 g/mol. The Balaban J connectivity index is 1.75. The first kappa shape index (κ1) is 25.2. The van der Waals surface area contributed by atoms with Gasteiger partial charge in [-0.2, -0.15) is 0 Å². The maximum Gasteiger partial charge on any atom is 0.0462 e. The highest BCUT2D eigenvalue weighted by atomic mass is 15.1. The number of allylic oxidation sites excluding steroid dienone is 7. The van der Waals surface area contributed by atoms with Gasteiger partial charge in [-0.05, 0) is 69.8 Å². The van der Waals surface area contributed by atoms with E-state index in [4.69, 9.17) is 0 Å². The Kier molecular flexibility index (Phi) is 8.31. The summed E-state index contributed by atoms with van der Waals surface area (Å²) < 4.78 is 0. The summed E-state index contributed by atoms with van der Waals surface area (Å²) in [5.74, 6) is 0. The lowest BCUT2D eigenvalue weighted by molar-refractivity contribution is 1.20. The van der Waals surface area contributed by atoms with Gasteiger partial charge in [0.25, 0.3) is 0 Å². The van der Waals surface area contributed by atoms with Gasteiger partial charge in [-0.25, -0.2) is 0 Å². The van der Waals surface area contributed by atoms with Crippen LogP contribution in [0.15, 0.2) is 183 Å². The Morgan fingerprint density at radius 2 is 0.973 bits per heavy atom. The SMILES string of the molecule is C=C/C=C\C(=C)C(=C)/C=C(\C=C)N(c1ccc(-c2ccccc2)cc1)c1ccc(-c2ccccc2)cc1. The molecular formula is C36H31N. The molecule has 0 aliphatic carbocycles. The minimum Gasteiger partial charge on any atom is -0.311 e. The summed E-state index contributed by atoms with van der Waals surface area (Å²) in [6, 6.07) is 37.9. The van der Waals surface area contributed by atoms with Crippen LogP contribution >= 0.6 is 0 Å². The van der Waals surface area contributed by atoms with Gasteiger partial charge in [0.15, 0.2) is 0 Å². The molecule has 0 saturated carbocycles. The van der Waals surface area contributed by atoms with E-state index in [9.17, 15) is 0 Å². The van der Waals surface area contributed by atoms with Crippen molar-refractivity contribution in [2.24, 2.45) is 0 Å². The summed E-state index contributed by atoms with van der Waals surface area (Å²) in [4.78, 5) is 2.19. The van der Waals surface area contributed by atoms with E-state index in [-0.39, 0.29) is 0 Å². The van der Waals surface area contributed by atoms with Crippen LogP contribution in [0.4, 0.5) is 11.4 Å². The fourth-order valence-electron chi connectivity index (χ4n) is 4.09. The van der Waals surface area contributed by atoms with Gasteiger partial charge in [-0.15, -0.1) is 0 Å². The van der Waals surface area contributed by atoms with Crippen molar-refractivity contribution in [3.63, 3.8) is 0 Å². The highest BCUT2D eigenvalue weighted by Crippen LogP contribution is 2.34. The molecule has 4 rings (SSSR count). The second-order valence-electron chi connectivity index (χ2n) is 8.58. The van der Waals surface area contributed by atoms with Crippen LogP contribution < -0.4 is 4.90 Å². The van der Waals surface area contributed by atoms with Crippen molar-refractivity contribution >= 4 is 11.4 Å². The molecule has 180 valence electrons. The van der Waals surface area contributed by atoms with E-state index in [1.54, 1.807) is 6.08 Å². The number of hydrogen-bond acceptors (Lipinski definition) is 1. The molecule has 0 atom stereocenters. The smallest absolute Gasteiger partial charge is 0.0462 e. The summed E-state index contributed by atoms with van der Waals surface area (Å²) in [5, 5.41) is 0. The molecule has 4 aromatic carbocycles. The Morgan fingerprint density at radius 1 is 0.541 bits per heavy atom. The van der Waals surface area contributed by atoms with E-state index < -0.39 is 0 Å². The van der Waals surface area contributed by atoms with Gasteiger partial charge in [-0.3, -0.25) is 0 Å². The average Bonchev–Trinajstić information content (AvgIpc) is 2.97. The van der Waals surface area contributed by atoms with Crippen molar-refractivity contribution in [2.75, 3.05) is 4.90 Å². The lowest BCUT2D eigenvalue weighted by Gasteiger charge is -2.27. The minimum absolute atomic E-state index is 0.805. The van der Waals surface area contributed by atoms with Crippen LogP contribution in [0.5, 0.6) is 0 Å². The molecule has 0 aliphatic rings. The normalized spacial score (nSPS) is 11.2. The quantitative estimate of drug-likeness (QED) is 0.205. The first-order chi connectivity index (χ1) is 18.1. The number of benzene rings is 4. The van der Waals surface area contributed by atoms with Crippen molar-refractivity contribution in [1.82, 2.24) is 0 Å². The van der Waals surface area contributed by atoms with Gasteiger partial charge >= 0.3 is 0 Å². The lowest BCUT2D eigenvalue weighted by Crippen LogP contribution is -2.15. The Labute approximate surface area is 221 Å². The second-order valence-corrected chi connectivity index (χ2v) is 8.58. The second kappa shape index (κ2) is 12.2. The first-order valence-electron chi connectivity index (χ1n) is 12.2. The topological polar surface area (TPSA) is 3.24 Å². The van der Waals surface area contributed by atoms with Gasteiger partial charge in [-0.1, -0.05) is 129 Å². The maximum atomic E-state index is 4.24. The third kappa shape index (κ3) is 6.22. The zero-order valence-corrected chi connectivity index (χ0v) is 21.1. The maximum absolute atomic E-state index is 4.24. The number of anilines is 2. The Morgan fingerprint density at radius 3 is 1.38 bits per heavy atom. The molecule has 4 aromatic rings. The van der Waals surface area contributed by atoms with Crippen LogP contribution in [0.25, 0.3) is 22.3 Å². The van der Waals surface area contributed by atoms with E-state index in [1.807, 2.05) is 36.4 Å². The molecule has 0 saturated heterocycles. The van der Waals surface area contributed by atoms with Gasteiger partial charge in [0.1, 0.15) is 0 Å². The Hall–Kier alpha value is -4.88. The van der Waals surface area contributed by atoms with Crippen molar-refractivity contribution in [1.29, 1.82) is 0 Å². The number of nitrogens with zero attached hydrogens (tertiary/aromatic N) is 1. The summed E-state index contributed by atoms with van der Waals surface area (Å²) >= 11 is 0. The van der Waals surface area contributed by atoms with Crippen LogP contribution in [0.3, 0.4) is 0 Å². The van der Waals surface area contributed by atoms with E-state index in [2.05, 4.69) is 128 Å². The molecule has 0 amide bonds. The summed E-state index contributed by atoms with van der Waals surface area (Å²) in [6.45, 7) is 16.2. The Bertz CT molecular complexity index is 1350. The standard InChI is InChI=1S/C36H31N/c1-5-7-14-28(3)29(4)27-34(6-2)37(35-23-19-32(20-24-35)30-15-10-8-11-16-30)36-25-21-33(22-26-36)31-17-12-9-13-18-31/h5-27H,1-4H2/b14-7-,34-27+. The van der Waals surface area contributed by atoms with Crippen LogP contribution in [0, 0.1) is 0 Å². The van der Waals surface area contributed by atoms with E-state index in [1.165, 1.54) is 22.3 Å². The van der Waals surface area contributed by atoms with Crippen LogP contribution in [-0.4, -0.2) is 0 Å². The monoisotopic (exact) mass is 477 g/mol. The highest BCUT2D eigenvalue weighted by molar-refractivity contribution is 5.76. The summed E-state index contributed by atoms with van der Waals surface area (Å²) in [7, 11) is 0. The molecule has 0 unspecified atom stereocenters. The molecule has 0 bridgehead atoms. The summed E-state index contributed by atoms with van der Waals surface area (Å²) in [6.07, 6.45) is 9.36. The zero-order chi connectivity index (χ0) is 26.0. The molecule has 0 aliphatic heterocycles. The van der Waals surface area contributed by atoms with Gasteiger partial charge < -0.3 is 4.90 Å². The summed E-state index contributed by atoms with van der Waals surface area (Å²) in [5.41, 5.74) is 9.28. The fourth-order valence-corrected chi connectivity index (χ4v) is 4.09. The molecule has 0 aromatic heterocycles. The van der Waals surface area contributed by atoms with Crippen LogP contribution in [-0.2, 0) is 0 Å². The van der Waals surface area contributed by atoms with Crippen molar-refractivity contribution in [3.8, 4) is 22.3 Å². The molecule has 0 N–H and O–H groups in total. The fraction of sp³-hybridized carbons (Fsp3) is 0. The van der Waals surface area contributed by atoms with Gasteiger partial charge in [0.2, 0.25) is 0 Å². The molecule has 0 radical (unpaired) electrons. The van der Waals surface area contributed by atoms with Crippen LogP contribution in [0.2, 0.25) is 0 Å². The highest BCUT2D eigenvalue weighted by Gasteiger charge is 2.14. The molecule has 1 heteroatoms. The average molecular weight is 478 g/mol. The van der Waals surface area contributed by atoms with Gasteiger partial charge in [0, 0.05) is 17.1 Å². The van der Waals surface area contributed by atoms with E-state index in [0.717, 1.165) is 28.2 Å². The number of rotatable bonds is 10. The first-order valence-corrected chi connectivity index (χ1v) is 12.2. The largest absolute Gasteiger partial charge is 0.311 e. The van der Waals surface area contributed by atoms with E-state index in [0.29, 0.717) is 0 Å². The predicted octanol–water partition coefficient (Wildman–Crippen LogP) is 10.1. The third-order valence-electron chi connectivity index (χ3n) is 6.10. The van der Waals surface area contributed by atoms with Crippen molar-refractivity contribution in [3.05, 3.63) is 183 Å². The van der Waals surface area contributed by atoms with Crippen LogP contribution in [0.1, 0.15) is 0 Å². The molecule has 0 spiro atoms. The third-order valence-corrected chi connectivity index (χ3v) is 6.10. The van der Waals surface area contributed by atoms with Gasteiger partial charge in [0.05, 0.1) is 0 Å². The molecule has 37 heavy (non-hydrogen) atoms. The minimum atomic E-state index is 0.805. The molecule has 0 fully saturated rings. The molecule has 0 heterocycles. The van der Waals surface area contributed by atoms with Crippen molar-refractivity contribution < 1.29 is 0 Å². The lowest BCUT2D eigenvalue weighted by atomic mass is 10.0. The van der Waals surface area contributed by atoms with Crippen molar-refractivity contribution in [2.45, 2.75) is 0 Å². The predicted molar refractivity (Wildman–Crippen MR) is 162 cm³/mol. The number of hydrogen-bond donors (Lipinski definition) is 0.